The van der Waals surface area contributed by atoms with Crippen molar-refractivity contribution in [3.63, 3.8) is 0 Å². The van der Waals surface area contributed by atoms with Crippen LogP contribution in [0, 0.1) is 136 Å². The Morgan fingerprint density at radius 1 is 0.232 bits per heavy atom. The molecule has 1 spiro atoms. The summed E-state index contributed by atoms with van der Waals surface area (Å²) < 4.78 is 0. The molecular weight excluding hydrogens is 1500 g/mol. The van der Waals surface area contributed by atoms with Crippen molar-refractivity contribution >= 4 is 43.1 Å². The number of benzene rings is 11. The predicted octanol–water partition coefficient (Wildman–Crippen LogP) is 32.0. The predicted molar refractivity (Wildman–Crippen MR) is 523 cm³/mol. The molecule has 0 nitrogen and oxygen atoms in total. The Bertz CT molecular complexity index is 6030. The maximum atomic E-state index is 2.56. The van der Waals surface area contributed by atoms with Crippen molar-refractivity contribution in [2.24, 2.45) is 136 Å². The van der Waals surface area contributed by atoms with Gasteiger partial charge in [-0.05, 0) is 386 Å². The molecule has 32 rings (SSSR count). The number of allylic oxidation sites excluding steroid dienone is 16. The first-order chi connectivity index (χ1) is 61.8. The van der Waals surface area contributed by atoms with Crippen LogP contribution in [0.15, 0.2) is 340 Å². The van der Waals surface area contributed by atoms with Crippen LogP contribution in [0.25, 0.3) is 54.2 Å². The monoisotopic (exact) mass is 1630 g/mol. The normalized spacial score (nSPS) is 36.4. The molecule has 125 heavy (non-hydrogen) atoms. The van der Waals surface area contributed by atoms with Gasteiger partial charge in [-0.15, -0.1) is 0 Å². The van der Waals surface area contributed by atoms with Crippen molar-refractivity contribution in [2.75, 3.05) is 0 Å². The Balaban J connectivity index is 0.0000000791. The largest absolute Gasteiger partial charge is 0.0851 e. The van der Waals surface area contributed by atoms with Crippen LogP contribution < -0.4 is 0 Å². The molecule has 28 unspecified atom stereocenters. The van der Waals surface area contributed by atoms with E-state index in [1.54, 1.807) is 63.8 Å². The maximum absolute atomic E-state index is 2.56. The van der Waals surface area contributed by atoms with E-state index in [1.807, 2.05) is 0 Å². The first-order valence-corrected chi connectivity index (χ1v) is 50.5. The van der Waals surface area contributed by atoms with E-state index in [2.05, 4.69) is 340 Å². The van der Waals surface area contributed by atoms with Crippen molar-refractivity contribution in [3.05, 3.63) is 384 Å². The van der Waals surface area contributed by atoms with Gasteiger partial charge in [0.25, 0.3) is 0 Å². The lowest BCUT2D eigenvalue weighted by Gasteiger charge is -2.31. The summed E-state index contributed by atoms with van der Waals surface area (Å²) in [4.78, 5) is 0. The van der Waals surface area contributed by atoms with Gasteiger partial charge in [-0.1, -0.05) is 359 Å². The van der Waals surface area contributed by atoms with Crippen LogP contribution in [0.2, 0.25) is 0 Å². The molecule has 21 aliphatic rings. The van der Waals surface area contributed by atoms with Gasteiger partial charge in [-0.3, -0.25) is 0 Å². The summed E-state index contributed by atoms with van der Waals surface area (Å²) in [7, 11) is 0. The minimum atomic E-state index is 0.311. The SMILES string of the molecule is C1=CC2CC1C1CC3(CC21)c1ccccc1-c1ccccc13.C1=CC2CC1C1CC3CCCCC3C21.C1=CC2CC1C1Cc3ccccc3C21.C1=CC2CC1CC2c1cc2ccccc2c2ccccc12.C1=CC2CC1CC2c1ccc2ccccc2c1.C1=CC2CC1CC2c1cccc2ccccc12.C1=CC2CC1CC2c1ccccc1.C1=CC2CCC1C2. The van der Waals surface area contributed by atoms with Crippen molar-refractivity contribution in [1.82, 2.24) is 0 Å². The number of hydrogen-bond donors (Lipinski definition) is 0. The Labute approximate surface area is 745 Å². The molecule has 11 aromatic rings. The zero-order chi connectivity index (χ0) is 82.2. The minimum Gasteiger partial charge on any atom is -0.0851 e. The first kappa shape index (κ1) is 77.7. The minimum absolute atomic E-state index is 0.311. The van der Waals surface area contributed by atoms with Crippen LogP contribution in [0.4, 0.5) is 0 Å². The molecule has 11 saturated carbocycles. The highest BCUT2D eigenvalue weighted by molar-refractivity contribution is 6.09. The molecule has 0 amide bonds. The molecule has 0 N–H and O–H groups in total. The summed E-state index contributed by atoms with van der Waals surface area (Å²) in [6.45, 7) is 0. The van der Waals surface area contributed by atoms with E-state index >= 15 is 0 Å². The van der Waals surface area contributed by atoms with Gasteiger partial charge in [-0.25, -0.2) is 0 Å². The topological polar surface area (TPSA) is 0 Å². The third kappa shape index (κ3) is 14.1. The van der Waals surface area contributed by atoms with Crippen molar-refractivity contribution in [1.29, 1.82) is 0 Å². The number of hydrogen-bond acceptors (Lipinski definition) is 0. The van der Waals surface area contributed by atoms with E-state index in [-0.39, 0.29) is 0 Å². The van der Waals surface area contributed by atoms with E-state index in [1.165, 1.54) is 176 Å². The standard InChI is InChI=1S/C22H20.C21H18.2C17H16.C14H20.C14H14.C13H14.C7H10/c1-3-7-20-16(5-1)17-6-2-4-8-21(17)22(20)12-18-14-9-10-15(11-14)19(18)13-22;1-2-6-17-15(5-1)13-21(19-8-4-3-7-18(17)19)20-12-14-9-10-16(20)11-14;1-2-6-15-13(4-1)5-3-7-16(15)17-11-12-8-9-14(17)10-12;1-2-4-14-11-16(8-7-13(14)3-1)17-10-12-5-6-15(17)9-12;2*1-2-4-12-9(3-1)8-13-10-5-6-11(7-10)14(12)13;1-2-4-11(5-3-1)13-9-10-6-7-12(13)8-10;1-2-7-4-3-6(1)5-7/h1-10,14-15,18-19H,11-13H2;1-10,13-14,16,20H,11-12H2;1-9,12,14,17H,10-11H2;1-8,11-12,15,17H,9-10H2;5-6,9-14H,1-4,7-8H2;1-6,10-11,13-14H,7-8H2;1-7,10,12-13H,8-9H2;1-2,6-7H,3-5H2. The quantitative estimate of drug-likeness (QED) is 0.122. The Morgan fingerprint density at radius 3 is 1.34 bits per heavy atom. The van der Waals surface area contributed by atoms with E-state index in [0.717, 1.165) is 166 Å². The molecule has 0 heterocycles. The molecule has 628 valence electrons. The second-order valence-electron chi connectivity index (χ2n) is 43.6. The molecule has 16 bridgehead atoms. The van der Waals surface area contributed by atoms with Crippen molar-refractivity contribution < 1.29 is 0 Å². The molecule has 0 radical (unpaired) electrons. The summed E-state index contributed by atoms with van der Waals surface area (Å²) >= 11 is 0. The third-order valence-corrected chi connectivity index (χ3v) is 37.5. The summed E-state index contributed by atoms with van der Waals surface area (Å²) in [5, 5.41) is 11.2. The van der Waals surface area contributed by atoms with E-state index in [4.69, 9.17) is 0 Å². The smallest absolute Gasteiger partial charge is 0.0221 e. The molecule has 0 heteroatoms. The second kappa shape index (κ2) is 32.6. The van der Waals surface area contributed by atoms with Crippen LogP contribution in [-0.4, -0.2) is 0 Å². The summed E-state index contributed by atoms with van der Waals surface area (Å²) in [5.74, 6) is 25.4. The van der Waals surface area contributed by atoms with Gasteiger partial charge in [-0.2, -0.15) is 0 Å². The highest BCUT2D eigenvalue weighted by atomic mass is 14.6. The average Bonchev–Trinajstić information content (AvgIpc) is 1.53. The molecule has 11 fully saturated rings. The van der Waals surface area contributed by atoms with Crippen LogP contribution >= 0.6 is 0 Å². The van der Waals surface area contributed by atoms with Gasteiger partial charge in [0.2, 0.25) is 0 Å². The maximum Gasteiger partial charge on any atom is 0.0221 e. The molecule has 0 saturated heterocycles. The first-order valence-electron chi connectivity index (χ1n) is 50.5. The van der Waals surface area contributed by atoms with Crippen molar-refractivity contribution in [3.8, 4) is 11.1 Å². The van der Waals surface area contributed by atoms with Crippen LogP contribution in [-0.2, 0) is 11.8 Å². The fraction of sp³-hybridized carbons (Fsp3) is 0.408. The van der Waals surface area contributed by atoms with Gasteiger partial charge in [0, 0.05) is 5.41 Å². The highest BCUT2D eigenvalue weighted by Crippen LogP contribution is 2.68. The fourth-order valence-corrected chi connectivity index (χ4v) is 32.1. The van der Waals surface area contributed by atoms with Crippen LogP contribution in [0.1, 0.15) is 209 Å². The summed E-state index contributed by atoms with van der Waals surface area (Å²) in [5.41, 5.74) is 16.0. The fourth-order valence-electron chi connectivity index (χ4n) is 32.1. The van der Waals surface area contributed by atoms with Gasteiger partial charge >= 0.3 is 0 Å². The van der Waals surface area contributed by atoms with Crippen molar-refractivity contribution in [2.45, 2.75) is 176 Å². The van der Waals surface area contributed by atoms with Crippen LogP contribution in [0.5, 0.6) is 0 Å². The lowest BCUT2D eigenvalue weighted by molar-refractivity contribution is 0.201. The van der Waals surface area contributed by atoms with Gasteiger partial charge in [0.05, 0.1) is 0 Å². The van der Waals surface area contributed by atoms with Crippen LogP contribution in [0.3, 0.4) is 0 Å². The molecule has 21 aliphatic carbocycles. The zero-order valence-corrected chi connectivity index (χ0v) is 73.6. The highest BCUT2D eigenvalue weighted by Gasteiger charge is 2.59. The van der Waals surface area contributed by atoms with E-state index in [0.29, 0.717) is 5.41 Å². The summed E-state index contributed by atoms with van der Waals surface area (Å²) in [6, 6.07) is 89.9. The molecule has 28 atom stereocenters. The Morgan fingerprint density at radius 2 is 0.704 bits per heavy atom. The number of fused-ring (bicyclic) bond motifs is 39. The van der Waals surface area contributed by atoms with Gasteiger partial charge in [0.15, 0.2) is 0 Å². The van der Waals surface area contributed by atoms with Gasteiger partial charge < -0.3 is 0 Å². The lowest BCUT2D eigenvalue weighted by atomic mass is 9.74. The van der Waals surface area contributed by atoms with E-state index < -0.39 is 0 Å². The van der Waals surface area contributed by atoms with Gasteiger partial charge in [0.1, 0.15) is 0 Å². The van der Waals surface area contributed by atoms with E-state index in [9.17, 15) is 0 Å². The number of rotatable bonds is 4. The molecule has 0 aliphatic heterocycles. The third-order valence-electron chi connectivity index (χ3n) is 37.5. The Hall–Kier alpha value is -9.62. The molecule has 11 aromatic carbocycles. The molecule has 0 aromatic heterocycles. The average molecular weight is 1630 g/mol. The second-order valence-corrected chi connectivity index (χ2v) is 43.6. The molecular formula is C125H128. The Kier molecular flexibility index (Phi) is 20.3. The summed E-state index contributed by atoms with van der Waals surface area (Å²) in [6.07, 6.45) is 71.0. The lowest BCUT2D eigenvalue weighted by Crippen LogP contribution is -2.23. The zero-order valence-electron chi connectivity index (χ0n) is 73.6.